The van der Waals surface area contributed by atoms with Crippen LogP contribution in [-0.4, -0.2) is 25.0 Å². The lowest BCUT2D eigenvalue weighted by Gasteiger charge is -2.05. The zero-order chi connectivity index (χ0) is 19.0. The highest BCUT2D eigenvalue weighted by atomic mass is 35.5. The smallest absolute Gasteiger partial charge is 0.193 e. The molecule has 27 heavy (non-hydrogen) atoms. The molecule has 2 heterocycles. The first-order valence-corrected chi connectivity index (χ1v) is 9.04. The molecule has 0 aromatic heterocycles. The second-order valence-corrected chi connectivity index (χ2v) is 7.04. The van der Waals surface area contributed by atoms with E-state index in [1.165, 1.54) is 24.3 Å². The van der Waals surface area contributed by atoms with Gasteiger partial charge in [-0.05, 0) is 35.4 Å². The van der Waals surface area contributed by atoms with Crippen LogP contribution in [0.5, 0.6) is 0 Å². The Labute approximate surface area is 164 Å². The summed E-state index contributed by atoms with van der Waals surface area (Å²) in [5.74, 6) is -0.0344. The van der Waals surface area contributed by atoms with Crippen LogP contribution in [0.15, 0.2) is 46.4 Å². The minimum atomic E-state index is -0.487. The molecule has 2 aliphatic heterocycles. The Kier molecular flexibility index (Phi) is 5.02. The van der Waals surface area contributed by atoms with Gasteiger partial charge in [0.15, 0.2) is 11.8 Å². The van der Waals surface area contributed by atoms with Gasteiger partial charge in [-0.3, -0.25) is 0 Å². The van der Waals surface area contributed by atoms with Gasteiger partial charge in [-0.15, -0.1) is 0 Å². The van der Waals surface area contributed by atoms with Gasteiger partial charge in [-0.1, -0.05) is 35.3 Å². The lowest BCUT2D eigenvalue weighted by Crippen LogP contribution is -2.08. The van der Waals surface area contributed by atoms with E-state index in [1.807, 2.05) is 0 Å². The third kappa shape index (κ3) is 3.92. The molecule has 0 aliphatic carbocycles. The Balaban J connectivity index is 1.44. The van der Waals surface area contributed by atoms with E-state index < -0.39 is 11.6 Å². The van der Waals surface area contributed by atoms with Gasteiger partial charge in [0.25, 0.3) is 0 Å². The Morgan fingerprint density at radius 1 is 0.815 bits per heavy atom. The maximum Gasteiger partial charge on any atom is 0.193 e. The van der Waals surface area contributed by atoms with Crippen LogP contribution in [0.4, 0.5) is 8.78 Å². The Morgan fingerprint density at radius 3 is 1.67 bits per heavy atom. The van der Waals surface area contributed by atoms with Crippen LogP contribution in [-0.2, 0) is 9.47 Å². The van der Waals surface area contributed by atoms with E-state index in [2.05, 4.69) is 9.98 Å². The highest BCUT2D eigenvalue weighted by molar-refractivity contribution is 6.31. The molecular weight excluding hydrogens is 397 g/mol. The van der Waals surface area contributed by atoms with Crippen molar-refractivity contribution in [3.8, 4) is 0 Å². The zero-order valence-corrected chi connectivity index (χ0v) is 15.5. The van der Waals surface area contributed by atoms with Gasteiger partial charge in [0.2, 0.25) is 0 Å². The van der Waals surface area contributed by atoms with Crippen molar-refractivity contribution in [2.45, 2.75) is 18.5 Å². The second-order valence-electron chi connectivity index (χ2n) is 6.22. The van der Waals surface area contributed by atoms with Crippen LogP contribution >= 0.6 is 23.2 Å². The summed E-state index contributed by atoms with van der Waals surface area (Å²) < 4.78 is 38.4. The molecule has 2 unspecified atom stereocenters. The predicted molar refractivity (Wildman–Crippen MR) is 99.7 cm³/mol. The summed E-state index contributed by atoms with van der Waals surface area (Å²) in [5, 5.41) is 0.139. The van der Waals surface area contributed by atoms with Crippen LogP contribution < -0.4 is 0 Å². The lowest BCUT2D eigenvalue weighted by molar-refractivity contribution is 0.300. The van der Waals surface area contributed by atoms with Crippen molar-refractivity contribution in [1.82, 2.24) is 0 Å². The number of halogens is 4. The molecule has 0 radical (unpaired) electrons. The van der Waals surface area contributed by atoms with Crippen LogP contribution in [0, 0.1) is 11.6 Å². The Morgan fingerprint density at radius 2 is 1.26 bits per heavy atom. The third-order valence-corrected chi connectivity index (χ3v) is 4.99. The monoisotopic (exact) mass is 410 g/mol. The normalized spacial score (nSPS) is 21.5. The standard InChI is InChI=1S/C19H14Cl2F2N2O2/c20-12-3-1-10(5-14(12)22)16-8-26-18(24-16)7-19-25-17(9-27-19)11-2-4-13(21)15(23)6-11/h1-6,16-17H,7-9H2. The molecule has 2 aliphatic rings. The van der Waals surface area contributed by atoms with E-state index in [0.29, 0.717) is 42.6 Å². The summed E-state index contributed by atoms with van der Waals surface area (Å²) in [4.78, 5) is 8.92. The largest absolute Gasteiger partial charge is 0.478 e. The highest BCUT2D eigenvalue weighted by Crippen LogP contribution is 2.29. The number of aliphatic imine (C=N–C) groups is 2. The van der Waals surface area contributed by atoms with Gasteiger partial charge in [0, 0.05) is 0 Å². The Hall–Kier alpha value is -2.18. The molecule has 2 aromatic rings. The summed E-state index contributed by atoms with van der Waals surface area (Å²) in [5.41, 5.74) is 1.38. The molecule has 4 rings (SSSR count). The second kappa shape index (κ2) is 7.44. The van der Waals surface area contributed by atoms with Crippen molar-refractivity contribution in [2.24, 2.45) is 9.98 Å². The van der Waals surface area contributed by atoms with Gasteiger partial charge in [-0.25, -0.2) is 18.8 Å². The van der Waals surface area contributed by atoms with Crippen molar-refractivity contribution in [3.05, 3.63) is 69.2 Å². The lowest BCUT2D eigenvalue weighted by atomic mass is 10.1. The van der Waals surface area contributed by atoms with E-state index >= 15 is 0 Å². The van der Waals surface area contributed by atoms with E-state index in [0.717, 1.165) is 0 Å². The van der Waals surface area contributed by atoms with Crippen molar-refractivity contribution in [3.63, 3.8) is 0 Å². The van der Waals surface area contributed by atoms with Crippen molar-refractivity contribution < 1.29 is 18.3 Å². The zero-order valence-electron chi connectivity index (χ0n) is 14.0. The maximum absolute atomic E-state index is 13.6. The maximum atomic E-state index is 13.6. The molecule has 2 atom stereocenters. The van der Waals surface area contributed by atoms with Gasteiger partial charge < -0.3 is 9.47 Å². The van der Waals surface area contributed by atoms with E-state index in [4.69, 9.17) is 32.7 Å². The predicted octanol–water partition coefficient (Wildman–Crippen LogP) is 5.30. The molecule has 0 bridgehead atoms. The van der Waals surface area contributed by atoms with Crippen LogP contribution in [0.1, 0.15) is 29.6 Å². The minimum absolute atomic E-state index is 0.0697. The molecule has 0 saturated carbocycles. The number of benzene rings is 2. The fraction of sp³-hybridized carbons (Fsp3) is 0.263. The van der Waals surface area contributed by atoms with E-state index in [1.54, 1.807) is 12.1 Å². The molecular formula is C19H14Cl2F2N2O2. The SMILES string of the molecule is Fc1cc(C2COC(CC3=NC(c4ccc(Cl)c(F)c4)CO3)=N2)ccc1Cl. The first kappa shape index (κ1) is 18.2. The number of ether oxygens (including phenoxy) is 2. The minimum Gasteiger partial charge on any atom is -0.478 e. The Bertz CT molecular complexity index is 874. The van der Waals surface area contributed by atoms with Crippen molar-refractivity contribution in [2.75, 3.05) is 13.2 Å². The number of hydrogen-bond acceptors (Lipinski definition) is 4. The molecule has 4 nitrogen and oxygen atoms in total. The van der Waals surface area contributed by atoms with Crippen LogP contribution in [0.2, 0.25) is 10.0 Å². The molecule has 0 fully saturated rings. The summed E-state index contributed by atoms with van der Waals surface area (Å²) in [6, 6.07) is 8.57. The average Bonchev–Trinajstić information content (AvgIpc) is 3.30. The van der Waals surface area contributed by atoms with E-state index in [9.17, 15) is 8.78 Å². The topological polar surface area (TPSA) is 43.2 Å². The highest BCUT2D eigenvalue weighted by Gasteiger charge is 2.27. The average molecular weight is 411 g/mol. The van der Waals surface area contributed by atoms with Crippen molar-refractivity contribution >= 4 is 35.0 Å². The first-order chi connectivity index (χ1) is 13.0. The number of rotatable bonds is 4. The summed E-state index contributed by atoms with van der Waals surface area (Å²) in [7, 11) is 0. The van der Waals surface area contributed by atoms with Crippen LogP contribution in [0.3, 0.4) is 0 Å². The van der Waals surface area contributed by atoms with Gasteiger partial charge in [0.1, 0.15) is 36.9 Å². The molecule has 0 saturated heterocycles. The fourth-order valence-corrected chi connectivity index (χ4v) is 3.19. The third-order valence-electron chi connectivity index (χ3n) is 4.37. The summed E-state index contributed by atoms with van der Waals surface area (Å²) >= 11 is 11.4. The molecule has 0 N–H and O–H groups in total. The van der Waals surface area contributed by atoms with Crippen molar-refractivity contribution in [1.29, 1.82) is 0 Å². The number of hydrogen-bond donors (Lipinski definition) is 0. The quantitative estimate of drug-likeness (QED) is 0.685. The fourth-order valence-electron chi connectivity index (χ4n) is 2.95. The molecule has 2 aromatic carbocycles. The van der Waals surface area contributed by atoms with Gasteiger partial charge in [0.05, 0.1) is 16.5 Å². The molecule has 140 valence electrons. The summed E-state index contributed by atoms with van der Waals surface area (Å²) in [6.45, 7) is 0.630. The van der Waals surface area contributed by atoms with Crippen LogP contribution in [0.25, 0.3) is 0 Å². The molecule has 0 spiro atoms. The van der Waals surface area contributed by atoms with Gasteiger partial charge in [-0.2, -0.15) is 0 Å². The molecule has 0 amide bonds. The summed E-state index contributed by atoms with van der Waals surface area (Å²) in [6.07, 6.45) is 0.291. The van der Waals surface area contributed by atoms with E-state index in [-0.39, 0.29) is 22.1 Å². The number of nitrogens with zero attached hydrogens (tertiary/aromatic N) is 2. The van der Waals surface area contributed by atoms with Gasteiger partial charge >= 0.3 is 0 Å². The first-order valence-electron chi connectivity index (χ1n) is 8.28. The molecule has 8 heteroatoms.